The zero-order chi connectivity index (χ0) is 16.0. The molecule has 0 saturated carbocycles. The third-order valence-corrected chi connectivity index (χ3v) is 2.67. The van der Waals surface area contributed by atoms with E-state index in [1.54, 1.807) is 6.07 Å². The van der Waals surface area contributed by atoms with Crippen molar-refractivity contribution >= 4 is 27.6 Å². The van der Waals surface area contributed by atoms with Crippen LogP contribution in [-0.4, -0.2) is 18.9 Å². The summed E-state index contributed by atoms with van der Waals surface area (Å²) in [6, 6.07) is 4.20. The van der Waals surface area contributed by atoms with Gasteiger partial charge in [-0.15, -0.1) is 13.2 Å². The molecular formula is C12H16BrF3N4O. The van der Waals surface area contributed by atoms with Gasteiger partial charge >= 0.3 is 6.36 Å². The van der Waals surface area contributed by atoms with Gasteiger partial charge in [0.1, 0.15) is 0 Å². The van der Waals surface area contributed by atoms with Gasteiger partial charge in [0.2, 0.25) is 5.96 Å². The highest BCUT2D eigenvalue weighted by atomic mass is 79.9. The Bertz CT molecular complexity index is 506. The number of nitrogens with two attached hydrogens (primary N) is 1. The molecule has 0 aliphatic heterocycles. The van der Waals surface area contributed by atoms with Gasteiger partial charge in [0, 0.05) is 11.0 Å². The van der Waals surface area contributed by atoms with Crippen LogP contribution in [0, 0.1) is 5.92 Å². The third kappa shape index (κ3) is 6.67. The van der Waals surface area contributed by atoms with Gasteiger partial charge in [-0.2, -0.15) is 0 Å². The molecule has 1 aromatic carbocycles. The Hall–Kier alpha value is -1.48. The summed E-state index contributed by atoms with van der Waals surface area (Å²) < 4.78 is 41.6. The highest BCUT2D eigenvalue weighted by Gasteiger charge is 2.32. The Labute approximate surface area is 128 Å². The van der Waals surface area contributed by atoms with Gasteiger partial charge in [-0.1, -0.05) is 29.8 Å². The van der Waals surface area contributed by atoms with Gasteiger partial charge in [0.15, 0.2) is 5.75 Å². The molecule has 0 amide bonds. The fourth-order valence-electron chi connectivity index (χ4n) is 1.33. The molecular weight excluding hydrogens is 353 g/mol. The van der Waals surface area contributed by atoms with Crippen LogP contribution >= 0.6 is 15.9 Å². The summed E-state index contributed by atoms with van der Waals surface area (Å²) in [5.74, 6) is 5.35. The maximum Gasteiger partial charge on any atom is 0.573 e. The molecule has 0 bridgehead atoms. The molecule has 0 saturated heterocycles. The summed E-state index contributed by atoms with van der Waals surface area (Å²) in [6.45, 7) is 4.38. The number of hydrazine groups is 1. The molecule has 1 aromatic rings. The maximum atomic E-state index is 12.4. The van der Waals surface area contributed by atoms with E-state index in [1.165, 1.54) is 12.1 Å². The van der Waals surface area contributed by atoms with Crippen LogP contribution in [0.4, 0.5) is 18.9 Å². The molecule has 118 valence electrons. The van der Waals surface area contributed by atoms with Crippen LogP contribution in [0.5, 0.6) is 5.75 Å². The van der Waals surface area contributed by atoms with E-state index in [1.807, 2.05) is 13.8 Å². The van der Waals surface area contributed by atoms with Crippen LogP contribution in [-0.2, 0) is 0 Å². The van der Waals surface area contributed by atoms with Crippen LogP contribution in [0.25, 0.3) is 0 Å². The molecule has 0 aromatic heterocycles. The number of hydrogen-bond acceptors (Lipinski definition) is 3. The smallest absolute Gasteiger partial charge is 0.404 e. The van der Waals surface area contributed by atoms with Crippen molar-refractivity contribution in [3.63, 3.8) is 0 Å². The number of halogens is 4. The minimum atomic E-state index is -4.79. The molecule has 5 nitrogen and oxygen atoms in total. The fourth-order valence-corrected chi connectivity index (χ4v) is 1.67. The molecule has 9 heteroatoms. The number of hydrogen-bond donors (Lipinski definition) is 3. The molecule has 4 N–H and O–H groups in total. The van der Waals surface area contributed by atoms with Crippen molar-refractivity contribution in [3.8, 4) is 5.75 Å². The lowest BCUT2D eigenvalue weighted by Crippen LogP contribution is -2.36. The Kier molecular flexibility index (Phi) is 6.28. The summed E-state index contributed by atoms with van der Waals surface area (Å²) >= 11 is 3.09. The van der Waals surface area contributed by atoms with Gasteiger partial charge < -0.3 is 10.1 Å². The summed E-state index contributed by atoms with van der Waals surface area (Å²) in [5.41, 5.74) is 2.39. The normalized spacial score (nSPS) is 12.5. The topological polar surface area (TPSA) is 71.7 Å². The molecule has 0 unspecified atom stereocenters. The average molecular weight is 369 g/mol. The second-order valence-electron chi connectivity index (χ2n) is 4.54. The number of benzene rings is 1. The van der Waals surface area contributed by atoms with Gasteiger partial charge in [-0.3, -0.25) is 10.4 Å². The number of nitrogens with zero attached hydrogens (tertiary/aromatic N) is 1. The van der Waals surface area contributed by atoms with Crippen molar-refractivity contribution in [2.45, 2.75) is 20.2 Å². The van der Waals surface area contributed by atoms with Crippen LogP contribution in [0.15, 0.2) is 27.7 Å². The van der Waals surface area contributed by atoms with E-state index in [4.69, 9.17) is 5.84 Å². The van der Waals surface area contributed by atoms with E-state index in [0.717, 1.165) is 0 Å². The number of ether oxygens (including phenoxy) is 1. The Balaban J connectivity index is 2.98. The molecule has 21 heavy (non-hydrogen) atoms. The Morgan fingerprint density at radius 1 is 1.43 bits per heavy atom. The lowest BCUT2D eigenvalue weighted by Gasteiger charge is -2.16. The molecule has 0 aliphatic rings. The largest absolute Gasteiger partial charge is 0.573 e. The quantitative estimate of drug-likeness (QED) is 0.330. The summed E-state index contributed by atoms with van der Waals surface area (Å²) in [7, 11) is 0. The molecule has 0 spiro atoms. The summed E-state index contributed by atoms with van der Waals surface area (Å²) in [5, 5.41) is 2.67. The highest BCUT2D eigenvalue weighted by molar-refractivity contribution is 9.10. The van der Waals surface area contributed by atoms with Crippen molar-refractivity contribution in [1.82, 2.24) is 5.43 Å². The van der Waals surface area contributed by atoms with E-state index in [-0.39, 0.29) is 23.3 Å². The van der Waals surface area contributed by atoms with E-state index in [2.05, 4.69) is 36.4 Å². The first kappa shape index (κ1) is 17.6. The van der Waals surface area contributed by atoms with Crippen LogP contribution in [0.2, 0.25) is 0 Å². The molecule has 0 aliphatic carbocycles. The first-order valence-electron chi connectivity index (χ1n) is 6.04. The fraction of sp³-hybridized carbons (Fsp3) is 0.417. The highest BCUT2D eigenvalue weighted by Crippen LogP contribution is 2.32. The molecule has 0 fully saturated rings. The first-order chi connectivity index (χ1) is 9.71. The summed E-state index contributed by atoms with van der Waals surface area (Å²) in [6.07, 6.45) is -4.79. The molecule has 1 rings (SSSR count). The Morgan fingerprint density at radius 3 is 2.62 bits per heavy atom. The minimum absolute atomic E-state index is 0.0935. The first-order valence-corrected chi connectivity index (χ1v) is 6.84. The lowest BCUT2D eigenvalue weighted by atomic mass is 10.2. The van der Waals surface area contributed by atoms with Gasteiger partial charge in [-0.05, 0) is 24.1 Å². The van der Waals surface area contributed by atoms with E-state index < -0.39 is 6.36 Å². The zero-order valence-corrected chi connectivity index (χ0v) is 13.0. The number of alkyl halides is 3. The third-order valence-electron chi connectivity index (χ3n) is 2.17. The van der Waals surface area contributed by atoms with Crippen molar-refractivity contribution in [2.24, 2.45) is 16.8 Å². The van der Waals surface area contributed by atoms with Crippen molar-refractivity contribution < 1.29 is 17.9 Å². The lowest BCUT2D eigenvalue weighted by molar-refractivity contribution is -0.274. The van der Waals surface area contributed by atoms with Gasteiger partial charge in [-0.25, -0.2) is 5.84 Å². The molecule has 0 heterocycles. The van der Waals surface area contributed by atoms with Crippen LogP contribution in [0.3, 0.4) is 0 Å². The standard InChI is InChI=1S/C12H16BrF3N4O/c1-7(2)6-18-11(20-17)19-9-4-3-8(13)5-10(9)21-12(14,15)16/h3-5,7H,6,17H2,1-2H3,(H2,18,19,20). The number of guanidine groups is 1. The Morgan fingerprint density at radius 2 is 2.10 bits per heavy atom. The van der Waals surface area contributed by atoms with E-state index in [9.17, 15) is 13.2 Å². The second-order valence-corrected chi connectivity index (χ2v) is 5.46. The predicted molar refractivity (Wildman–Crippen MR) is 78.9 cm³/mol. The van der Waals surface area contributed by atoms with Gasteiger partial charge in [0.25, 0.3) is 0 Å². The predicted octanol–water partition coefficient (Wildman–Crippen LogP) is 3.23. The number of aliphatic imine (C=N–C) groups is 1. The number of anilines is 1. The second kappa shape index (κ2) is 7.51. The number of nitrogens with one attached hydrogen (secondary N) is 2. The van der Waals surface area contributed by atoms with Crippen LogP contribution in [0.1, 0.15) is 13.8 Å². The molecule has 0 radical (unpaired) electrons. The van der Waals surface area contributed by atoms with Crippen LogP contribution < -0.4 is 21.3 Å². The van der Waals surface area contributed by atoms with Crippen molar-refractivity contribution in [3.05, 3.63) is 22.7 Å². The summed E-state index contributed by atoms with van der Waals surface area (Å²) in [4.78, 5) is 4.12. The molecule has 0 atom stereocenters. The van der Waals surface area contributed by atoms with E-state index in [0.29, 0.717) is 11.0 Å². The average Bonchev–Trinajstić information content (AvgIpc) is 2.34. The SMILES string of the molecule is CC(C)CN=C(NN)Nc1ccc(Br)cc1OC(F)(F)F. The monoisotopic (exact) mass is 368 g/mol. The zero-order valence-electron chi connectivity index (χ0n) is 11.5. The maximum absolute atomic E-state index is 12.4. The van der Waals surface area contributed by atoms with E-state index >= 15 is 0 Å². The minimum Gasteiger partial charge on any atom is -0.404 e. The van der Waals surface area contributed by atoms with Gasteiger partial charge in [0.05, 0.1) is 5.69 Å². The van der Waals surface area contributed by atoms with Crippen molar-refractivity contribution in [2.75, 3.05) is 11.9 Å². The number of rotatable bonds is 4. The van der Waals surface area contributed by atoms with Crippen molar-refractivity contribution in [1.29, 1.82) is 0 Å².